The van der Waals surface area contributed by atoms with Crippen LogP contribution in [0.25, 0.3) is 0 Å². The van der Waals surface area contributed by atoms with Crippen molar-refractivity contribution < 1.29 is 13.9 Å². The van der Waals surface area contributed by atoms with Gasteiger partial charge in [0.1, 0.15) is 11.9 Å². The highest BCUT2D eigenvalue weighted by molar-refractivity contribution is 5.68. The molecule has 6 heteroatoms. The number of hydrogen-bond acceptors (Lipinski definition) is 5. The highest BCUT2D eigenvalue weighted by Crippen LogP contribution is 2.42. The third-order valence-electron chi connectivity index (χ3n) is 3.99. The quantitative estimate of drug-likeness (QED) is 0.905. The first kappa shape index (κ1) is 14.4. The van der Waals surface area contributed by atoms with Gasteiger partial charge in [0.15, 0.2) is 0 Å². The number of likely N-dealkylation sites (tertiary alicyclic amines) is 1. The van der Waals surface area contributed by atoms with Gasteiger partial charge in [0.25, 0.3) is 0 Å². The Bertz CT molecular complexity index is 543. The Morgan fingerprint density at radius 2 is 2.24 bits per heavy atom. The lowest BCUT2D eigenvalue weighted by atomic mass is 10.1. The maximum Gasteiger partial charge on any atom is 0.410 e. The predicted octanol–water partition coefficient (Wildman–Crippen LogP) is 2.35. The average Bonchev–Trinajstić information content (AvgIpc) is 2.88. The van der Waals surface area contributed by atoms with Crippen LogP contribution in [0.4, 0.5) is 4.79 Å². The van der Waals surface area contributed by atoms with E-state index < -0.39 is 5.60 Å². The summed E-state index contributed by atoms with van der Waals surface area (Å²) in [5.41, 5.74) is 6.17. The zero-order valence-corrected chi connectivity index (χ0v) is 12.9. The van der Waals surface area contributed by atoms with Crippen LogP contribution in [0, 0.1) is 0 Å². The van der Waals surface area contributed by atoms with Crippen LogP contribution < -0.4 is 5.73 Å². The summed E-state index contributed by atoms with van der Waals surface area (Å²) in [5, 5.41) is 0. The SMILES string of the molecule is CC(C)(C)OC(=O)N1CCC(c2coc(C3(N)CC3)n2)C1. The lowest BCUT2D eigenvalue weighted by Gasteiger charge is -2.24. The van der Waals surface area contributed by atoms with Crippen LogP contribution in [-0.2, 0) is 10.3 Å². The lowest BCUT2D eigenvalue weighted by molar-refractivity contribution is 0.0292. The molecule has 2 heterocycles. The van der Waals surface area contributed by atoms with E-state index in [4.69, 9.17) is 14.9 Å². The van der Waals surface area contributed by atoms with E-state index in [9.17, 15) is 4.79 Å². The van der Waals surface area contributed by atoms with Crippen molar-refractivity contribution in [3.63, 3.8) is 0 Å². The molecule has 1 aromatic heterocycles. The fourth-order valence-electron chi connectivity index (χ4n) is 2.54. The van der Waals surface area contributed by atoms with Gasteiger partial charge in [0.05, 0.1) is 11.2 Å². The molecular formula is C15H23N3O3. The summed E-state index contributed by atoms with van der Waals surface area (Å²) in [7, 11) is 0. The summed E-state index contributed by atoms with van der Waals surface area (Å²) >= 11 is 0. The number of aromatic nitrogens is 1. The number of carbonyl (C=O) groups excluding carboxylic acids is 1. The van der Waals surface area contributed by atoms with Crippen molar-refractivity contribution in [3.8, 4) is 0 Å². The summed E-state index contributed by atoms with van der Waals surface area (Å²) in [4.78, 5) is 18.3. The van der Waals surface area contributed by atoms with Crippen molar-refractivity contribution in [1.82, 2.24) is 9.88 Å². The van der Waals surface area contributed by atoms with Crippen LogP contribution in [-0.4, -0.2) is 34.7 Å². The Morgan fingerprint density at radius 3 is 2.86 bits per heavy atom. The van der Waals surface area contributed by atoms with Crippen molar-refractivity contribution in [2.75, 3.05) is 13.1 Å². The van der Waals surface area contributed by atoms with Gasteiger partial charge in [-0.3, -0.25) is 0 Å². The predicted molar refractivity (Wildman–Crippen MR) is 76.8 cm³/mol. The van der Waals surface area contributed by atoms with E-state index in [1.165, 1.54) is 0 Å². The van der Waals surface area contributed by atoms with Crippen LogP contribution in [0.2, 0.25) is 0 Å². The van der Waals surface area contributed by atoms with E-state index in [0.717, 1.165) is 25.0 Å². The number of oxazole rings is 1. The average molecular weight is 293 g/mol. The first-order valence-electron chi connectivity index (χ1n) is 7.50. The first-order chi connectivity index (χ1) is 9.77. The second-order valence-corrected chi connectivity index (χ2v) is 7.15. The van der Waals surface area contributed by atoms with Gasteiger partial charge in [0, 0.05) is 19.0 Å². The third-order valence-corrected chi connectivity index (χ3v) is 3.99. The molecular weight excluding hydrogens is 270 g/mol. The van der Waals surface area contributed by atoms with Crippen LogP contribution in [0.1, 0.15) is 57.5 Å². The van der Waals surface area contributed by atoms with Gasteiger partial charge in [-0.2, -0.15) is 0 Å². The normalized spacial score (nSPS) is 24.2. The maximum absolute atomic E-state index is 12.1. The molecule has 116 valence electrons. The largest absolute Gasteiger partial charge is 0.447 e. The van der Waals surface area contributed by atoms with Gasteiger partial charge >= 0.3 is 6.09 Å². The molecule has 3 rings (SSSR count). The van der Waals surface area contributed by atoms with E-state index in [0.29, 0.717) is 19.0 Å². The first-order valence-corrected chi connectivity index (χ1v) is 7.50. The van der Waals surface area contributed by atoms with Crippen molar-refractivity contribution in [2.45, 2.75) is 57.1 Å². The molecule has 0 bridgehead atoms. The number of carbonyl (C=O) groups is 1. The Kier molecular flexibility index (Phi) is 3.24. The van der Waals surface area contributed by atoms with E-state index in [2.05, 4.69) is 4.98 Å². The molecule has 0 spiro atoms. The molecule has 2 N–H and O–H groups in total. The Hall–Kier alpha value is -1.56. The Morgan fingerprint density at radius 1 is 1.52 bits per heavy atom. The number of nitrogens with zero attached hydrogens (tertiary/aromatic N) is 2. The van der Waals surface area contributed by atoms with Gasteiger partial charge in [-0.05, 0) is 40.0 Å². The molecule has 6 nitrogen and oxygen atoms in total. The van der Waals surface area contributed by atoms with E-state index in [-0.39, 0.29) is 17.6 Å². The summed E-state index contributed by atoms with van der Waals surface area (Å²) in [6.45, 7) is 6.93. The number of nitrogens with two attached hydrogens (primary N) is 1. The van der Waals surface area contributed by atoms with Crippen LogP contribution in [0.15, 0.2) is 10.7 Å². The second kappa shape index (κ2) is 4.73. The number of hydrogen-bond donors (Lipinski definition) is 1. The molecule has 1 atom stereocenters. The smallest absolute Gasteiger partial charge is 0.410 e. The Balaban J connectivity index is 1.62. The molecule has 1 amide bonds. The molecule has 1 aromatic rings. The minimum atomic E-state index is -0.464. The Labute approximate surface area is 124 Å². The molecule has 1 saturated heterocycles. The van der Waals surface area contributed by atoms with E-state index in [1.54, 1.807) is 11.2 Å². The van der Waals surface area contributed by atoms with Gasteiger partial charge in [-0.15, -0.1) is 0 Å². The topological polar surface area (TPSA) is 81.6 Å². The van der Waals surface area contributed by atoms with Crippen LogP contribution in [0.5, 0.6) is 0 Å². The van der Waals surface area contributed by atoms with Gasteiger partial charge in [0.2, 0.25) is 5.89 Å². The highest BCUT2D eigenvalue weighted by atomic mass is 16.6. The number of rotatable bonds is 2. The molecule has 0 aromatic carbocycles. The summed E-state index contributed by atoms with van der Waals surface area (Å²) in [6.07, 6.45) is 4.17. The number of amides is 1. The fourth-order valence-corrected chi connectivity index (χ4v) is 2.54. The zero-order valence-electron chi connectivity index (χ0n) is 12.9. The summed E-state index contributed by atoms with van der Waals surface area (Å²) < 4.78 is 10.9. The van der Waals surface area contributed by atoms with Crippen molar-refractivity contribution in [2.24, 2.45) is 5.73 Å². The molecule has 0 radical (unpaired) electrons. The van der Waals surface area contributed by atoms with E-state index in [1.807, 2.05) is 20.8 Å². The minimum absolute atomic E-state index is 0.206. The maximum atomic E-state index is 12.1. The third kappa shape index (κ3) is 3.05. The molecule has 2 fully saturated rings. The number of ether oxygens (including phenoxy) is 1. The second-order valence-electron chi connectivity index (χ2n) is 7.15. The minimum Gasteiger partial charge on any atom is -0.447 e. The van der Waals surface area contributed by atoms with Gasteiger partial charge in [-0.1, -0.05) is 0 Å². The van der Waals surface area contributed by atoms with Crippen molar-refractivity contribution in [3.05, 3.63) is 17.8 Å². The highest BCUT2D eigenvalue weighted by Gasteiger charge is 2.45. The molecule has 1 aliphatic carbocycles. The molecule has 1 unspecified atom stereocenters. The molecule has 1 aliphatic heterocycles. The lowest BCUT2D eigenvalue weighted by Crippen LogP contribution is -2.35. The monoisotopic (exact) mass is 293 g/mol. The van der Waals surface area contributed by atoms with Gasteiger partial charge < -0.3 is 19.8 Å². The van der Waals surface area contributed by atoms with Crippen LogP contribution >= 0.6 is 0 Å². The van der Waals surface area contributed by atoms with Gasteiger partial charge in [-0.25, -0.2) is 9.78 Å². The molecule has 21 heavy (non-hydrogen) atoms. The summed E-state index contributed by atoms with van der Waals surface area (Å²) in [5.74, 6) is 0.839. The molecule has 1 saturated carbocycles. The molecule has 2 aliphatic rings. The van der Waals surface area contributed by atoms with Crippen molar-refractivity contribution in [1.29, 1.82) is 0 Å². The van der Waals surface area contributed by atoms with Crippen molar-refractivity contribution >= 4 is 6.09 Å². The standard InChI is InChI=1S/C15H23N3O3/c1-14(2,3)21-13(19)18-7-4-10(8-18)11-9-20-12(17-11)15(16)5-6-15/h9-10H,4-8,16H2,1-3H3. The zero-order chi connectivity index (χ0) is 15.3. The summed E-state index contributed by atoms with van der Waals surface area (Å²) in [6, 6.07) is 0. The van der Waals surface area contributed by atoms with E-state index >= 15 is 0 Å². The fraction of sp³-hybridized carbons (Fsp3) is 0.733. The van der Waals surface area contributed by atoms with Crippen LogP contribution in [0.3, 0.4) is 0 Å².